The Morgan fingerprint density at radius 1 is 0.913 bits per heavy atom. The van der Waals surface area contributed by atoms with E-state index in [1.54, 1.807) is 12.1 Å². The summed E-state index contributed by atoms with van der Waals surface area (Å²) >= 11 is 0. The Balaban J connectivity index is 1.96. The fourth-order valence-electron chi connectivity index (χ4n) is 2.40. The van der Waals surface area contributed by atoms with Gasteiger partial charge in [-0.15, -0.1) is 0 Å². The number of fused-ring (bicyclic) bond motifs is 1. The van der Waals surface area contributed by atoms with Crippen molar-refractivity contribution in [3.8, 4) is 0 Å². The molecule has 3 aromatic rings. The van der Waals surface area contributed by atoms with Crippen molar-refractivity contribution in [2.24, 2.45) is 0 Å². The maximum atomic E-state index is 12.4. The summed E-state index contributed by atoms with van der Waals surface area (Å²) in [6, 6.07) is 19.4. The normalized spacial score (nSPS) is 11.3. The lowest BCUT2D eigenvalue weighted by molar-refractivity contribution is 0.102. The molecule has 23 heavy (non-hydrogen) atoms. The van der Waals surface area contributed by atoms with E-state index in [0.717, 1.165) is 17.0 Å². The zero-order valence-corrected chi connectivity index (χ0v) is 13.3. The van der Waals surface area contributed by atoms with Gasteiger partial charge in [-0.3, -0.25) is 4.79 Å². The second kappa shape index (κ2) is 5.85. The van der Waals surface area contributed by atoms with Gasteiger partial charge in [0.1, 0.15) is 0 Å². The van der Waals surface area contributed by atoms with Crippen LogP contribution in [0.25, 0.3) is 10.8 Å². The Bertz CT molecular complexity index is 989. The van der Waals surface area contributed by atoms with E-state index in [-0.39, 0.29) is 10.8 Å². The SMILES string of the molecule is CS(=O)(=O)c1cccc(C(=O)Nc2cccc3ccccc23)c1. The van der Waals surface area contributed by atoms with Crippen molar-refractivity contribution in [1.29, 1.82) is 0 Å². The molecule has 0 atom stereocenters. The van der Waals surface area contributed by atoms with E-state index >= 15 is 0 Å². The predicted octanol–water partition coefficient (Wildman–Crippen LogP) is 3.50. The van der Waals surface area contributed by atoms with Crippen molar-refractivity contribution in [2.75, 3.05) is 11.6 Å². The molecule has 0 fully saturated rings. The number of rotatable bonds is 3. The Labute approximate surface area is 134 Å². The fourth-order valence-corrected chi connectivity index (χ4v) is 3.06. The summed E-state index contributed by atoms with van der Waals surface area (Å²) in [5, 5.41) is 4.80. The van der Waals surface area contributed by atoms with Crippen molar-refractivity contribution in [3.05, 3.63) is 72.3 Å². The lowest BCUT2D eigenvalue weighted by Gasteiger charge is -2.09. The van der Waals surface area contributed by atoms with Crippen LogP contribution in [0.3, 0.4) is 0 Å². The molecule has 1 N–H and O–H groups in total. The Morgan fingerprint density at radius 2 is 1.61 bits per heavy atom. The summed E-state index contributed by atoms with van der Waals surface area (Å²) in [4.78, 5) is 12.6. The minimum atomic E-state index is -3.35. The largest absolute Gasteiger partial charge is 0.321 e. The Morgan fingerprint density at radius 3 is 2.39 bits per heavy atom. The average molecular weight is 325 g/mol. The second-order valence-electron chi connectivity index (χ2n) is 5.28. The third-order valence-electron chi connectivity index (χ3n) is 3.56. The van der Waals surface area contributed by atoms with Crippen LogP contribution < -0.4 is 5.32 Å². The second-order valence-corrected chi connectivity index (χ2v) is 7.30. The third-order valence-corrected chi connectivity index (χ3v) is 4.67. The molecule has 3 aromatic carbocycles. The molecule has 0 bridgehead atoms. The summed E-state index contributed by atoms with van der Waals surface area (Å²) in [5.74, 6) is -0.341. The van der Waals surface area contributed by atoms with Gasteiger partial charge in [-0.1, -0.05) is 42.5 Å². The van der Waals surface area contributed by atoms with E-state index in [1.807, 2.05) is 42.5 Å². The van der Waals surface area contributed by atoms with E-state index in [4.69, 9.17) is 0 Å². The average Bonchev–Trinajstić information content (AvgIpc) is 2.54. The van der Waals surface area contributed by atoms with Gasteiger partial charge < -0.3 is 5.32 Å². The molecular formula is C18H15NO3S. The maximum Gasteiger partial charge on any atom is 0.255 e. The first-order valence-electron chi connectivity index (χ1n) is 7.04. The molecule has 0 aliphatic heterocycles. The maximum absolute atomic E-state index is 12.4. The molecule has 3 rings (SSSR count). The molecule has 0 aliphatic rings. The highest BCUT2D eigenvalue weighted by atomic mass is 32.2. The predicted molar refractivity (Wildman–Crippen MR) is 91.5 cm³/mol. The van der Waals surface area contributed by atoms with Crippen molar-refractivity contribution in [3.63, 3.8) is 0 Å². The summed E-state index contributed by atoms with van der Waals surface area (Å²) in [6.45, 7) is 0. The van der Waals surface area contributed by atoms with Crippen LogP contribution in [0.1, 0.15) is 10.4 Å². The number of sulfone groups is 1. The summed E-state index contributed by atoms with van der Waals surface area (Å²) in [6.07, 6.45) is 1.12. The quantitative estimate of drug-likeness (QED) is 0.801. The minimum Gasteiger partial charge on any atom is -0.321 e. The van der Waals surface area contributed by atoms with Gasteiger partial charge in [0, 0.05) is 22.9 Å². The molecule has 1 amide bonds. The lowest BCUT2D eigenvalue weighted by atomic mass is 10.1. The van der Waals surface area contributed by atoms with Crippen LogP contribution in [0.2, 0.25) is 0 Å². The van der Waals surface area contributed by atoms with Gasteiger partial charge in [-0.25, -0.2) is 8.42 Å². The molecule has 116 valence electrons. The Hall–Kier alpha value is -2.66. The van der Waals surface area contributed by atoms with Crippen molar-refractivity contribution in [2.45, 2.75) is 4.90 Å². The topological polar surface area (TPSA) is 63.2 Å². The van der Waals surface area contributed by atoms with E-state index in [1.165, 1.54) is 12.1 Å². The van der Waals surface area contributed by atoms with E-state index < -0.39 is 9.84 Å². The molecule has 0 unspecified atom stereocenters. The molecule has 0 aliphatic carbocycles. The number of amides is 1. The van der Waals surface area contributed by atoms with Gasteiger partial charge in [-0.05, 0) is 29.7 Å². The molecule has 4 nitrogen and oxygen atoms in total. The first-order chi connectivity index (χ1) is 10.9. The van der Waals surface area contributed by atoms with E-state index in [2.05, 4.69) is 5.32 Å². The minimum absolute atomic E-state index is 0.128. The highest BCUT2D eigenvalue weighted by Gasteiger charge is 2.12. The molecule has 0 spiro atoms. The number of carbonyl (C=O) groups is 1. The van der Waals surface area contributed by atoms with Crippen LogP contribution in [0.5, 0.6) is 0 Å². The van der Waals surface area contributed by atoms with Gasteiger partial charge in [-0.2, -0.15) is 0 Å². The summed E-state index contributed by atoms with van der Waals surface area (Å²) in [5.41, 5.74) is 0.999. The zero-order chi connectivity index (χ0) is 16.4. The van der Waals surface area contributed by atoms with E-state index in [0.29, 0.717) is 11.3 Å². The number of benzene rings is 3. The molecule has 0 radical (unpaired) electrons. The van der Waals surface area contributed by atoms with Crippen LogP contribution in [0.4, 0.5) is 5.69 Å². The van der Waals surface area contributed by atoms with Gasteiger partial charge in [0.25, 0.3) is 5.91 Å². The van der Waals surface area contributed by atoms with Gasteiger partial charge in [0.05, 0.1) is 4.90 Å². The molecular weight excluding hydrogens is 310 g/mol. The summed E-state index contributed by atoms with van der Waals surface area (Å²) in [7, 11) is -3.35. The van der Waals surface area contributed by atoms with Crippen LogP contribution in [-0.4, -0.2) is 20.6 Å². The number of anilines is 1. The smallest absolute Gasteiger partial charge is 0.255 e. The highest BCUT2D eigenvalue weighted by Crippen LogP contribution is 2.23. The molecule has 0 saturated heterocycles. The number of hydrogen-bond donors (Lipinski definition) is 1. The summed E-state index contributed by atoms with van der Waals surface area (Å²) < 4.78 is 23.2. The number of hydrogen-bond acceptors (Lipinski definition) is 3. The van der Waals surface area contributed by atoms with Gasteiger partial charge >= 0.3 is 0 Å². The molecule has 0 heterocycles. The van der Waals surface area contributed by atoms with Crippen LogP contribution >= 0.6 is 0 Å². The van der Waals surface area contributed by atoms with Crippen LogP contribution in [-0.2, 0) is 9.84 Å². The third kappa shape index (κ3) is 3.24. The Kier molecular flexibility index (Phi) is 3.88. The standard InChI is InChI=1S/C18H15NO3S/c1-23(21,22)15-9-4-8-14(12-15)18(20)19-17-11-5-7-13-6-2-3-10-16(13)17/h2-12H,1H3,(H,19,20). The highest BCUT2D eigenvalue weighted by molar-refractivity contribution is 7.90. The fraction of sp³-hybridized carbons (Fsp3) is 0.0556. The number of carbonyl (C=O) groups excluding carboxylic acids is 1. The molecule has 5 heteroatoms. The molecule has 0 aromatic heterocycles. The first kappa shape index (κ1) is 15.2. The van der Waals surface area contributed by atoms with Gasteiger partial charge in [0.2, 0.25) is 0 Å². The van der Waals surface area contributed by atoms with E-state index in [9.17, 15) is 13.2 Å². The van der Waals surface area contributed by atoms with Crippen molar-refractivity contribution < 1.29 is 13.2 Å². The van der Waals surface area contributed by atoms with Crippen LogP contribution in [0.15, 0.2) is 71.6 Å². The van der Waals surface area contributed by atoms with Crippen molar-refractivity contribution in [1.82, 2.24) is 0 Å². The lowest BCUT2D eigenvalue weighted by Crippen LogP contribution is -2.13. The first-order valence-corrected chi connectivity index (χ1v) is 8.93. The van der Waals surface area contributed by atoms with Crippen LogP contribution in [0, 0.1) is 0 Å². The zero-order valence-electron chi connectivity index (χ0n) is 12.5. The van der Waals surface area contributed by atoms with Crippen molar-refractivity contribution >= 4 is 32.2 Å². The number of nitrogens with one attached hydrogen (secondary N) is 1. The monoisotopic (exact) mass is 325 g/mol. The van der Waals surface area contributed by atoms with Gasteiger partial charge in [0.15, 0.2) is 9.84 Å². The molecule has 0 saturated carbocycles.